The van der Waals surface area contributed by atoms with E-state index in [2.05, 4.69) is 5.32 Å². The van der Waals surface area contributed by atoms with Gasteiger partial charge in [-0.1, -0.05) is 30.3 Å². The summed E-state index contributed by atoms with van der Waals surface area (Å²) in [5.74, 6) is -0.266. The Morgan fingerprint density at radius 2 is 2.12 bits per heavy atom. The second kappa shape index (κ2) is 9.39. The van der Waals surface area contributed by atoms with Crippen LogP contribution in [0.2, 0.25) is 0 Å². The summed E-state index contributed by atoms with van der Waals surface area (Å²) in [5.41, 5.74) is 6.27. The highest BCUT2D eigenvalue weighted by atomic mass is 16.5. The van der Waals surface area contributed by atoms with Gasteiger partial charge in [-0.2, -0.15) is 0 Å². The number of ether oxygens (including phenoxy) is 1. The molecule has 0 spiro atoms. The van der Waals surface area contributed by atoms with Gasteiger partial charge in [-0.3, -0.25) is 9.59 Å². The zero-order valence-corrected chi connectivity index (χ0v) is 14.2. The van der Waals surface area contributed by atoms with Gasteiger partial charge in [0.25, 0.3) is 5.91 Å². The molecule has 2 rings (SSSR count). The van der Waals surface area contributed by atoms with E-state index in [-0.39, 0.29) is 17.7 Å². The van der Waals surface area contributed by atoms with Gasteiger partial charge in [-0.25, -0.2) is 0 Å². The van der Waals surface area contributed by atoms with Crippen LogP contribution in [0, 0.1) is 5.92 Å². The van der Waals surface area contributed by atoms with Crippen molar-refractivity contribution in [1.82, 2.24) is 10.2 Å². The molecular weight excluding hydrogens is 306 g/mol. The molecule has 0 saturated carbocycles. The number of hydrogen-bond acceptors (Lipinski definition) is 4. The highest BCUT2D eigenvalue weighted by Gasteiger charge is 2.32. The number of piperidine rings is 1. The molecule has 1 aliphatic rings. The minimum absolute atomic E-state index is 0.0226. The maximum absolute atomic E-state index is 12.9. The van der Waals surface area contributed by atoms with Crippen LogP contribution < -0.4 is 11.1 Å². The van der Waals surface area contributed by atoms with E-state index < -0.39 is 6.10 Å². The van der Waals surface area contributed by atoms with Crippen molar-refractivity contribution in [2.24, 2.45) is 11.7 Å². The van der Waals surface area contributed by atoms with Gasteiger partial charge >= 0.3 is 0 Å². The molecule has 0 aromatic heterocycles. The Hall–Kier alpha value is -1.92. The summed E-state index contributed by atoms with van der Waals surface area (Å²) < 4.78 is 5.70. The molecule has 6 nitrogen and oxygen atoms in total. The Bertz CT molecular complexity index is 536. The van der Waals surface area contributed by atoms with Crippen molar-refractivity contribution in [3.05, 3.63) is 35.9 Å². The molecule has 2 unspecified atom stereocenters. The molecule has 132 valence electrons. The van der Waals surface area contributed by atoms with Crippen LogP contribution in [0.1, 0.15) is 31.4 Å². The molecule has 6 heteroatoms. The van der Waals surface area contributed by atoms with E-state index in [1.165, 1.54) is 0 Å². The van der Waals surface area contributed by atoms with Gasteiger partial charge in [-0.05, 0) is 25.3 Å². The van der Waals surface area contributed by atoms with Gasteiger partial charge in [0.2, 0.25) is 5.91 Å². The molecule has 1 saturated heterocycles. The molecular formula is C18H27N3O3. The van der Waals surface area contributed by atoms with Crippen LogP contribution in [0.25, 0.3) is 0 Å². The maximum atomic E-state index is 12.9. The quantitative estimate of drug-likeness (QED) is 0.782. The minimum Gasteiger partial charge on any atom is -0.364 e. The molecule has 3 N–H and O–H groups in total. The lowest BCUT2D eigenvalue weighted by Gasteiger charge is -2.34. The van der Waals surface area contributed by atoms with Gasteiger partial charge in [-0.15, -0.1) is 0 Å². The fraction of sp³-hybridized carbons (Fsp3) is 0.556. The van der Waals surface area contributed by atoms with Crippen molar-refractivity contribution in [2.45, 2.75) is 25.9 Å². The smallest absolute Gasteiger partial charge is 0.256 e. The number of benzene rings is 1. The van der Waals surface area contributed by atoms with Crippen LogP contribution in [0.4, 0.5) is 0 Å². The first-order chi connectivity index (χ1) is 11.7. The van der Waals surface area contributed by atoms with E-state index in [0.29, 0.717) is 32.8 Å². The Morgan fingerprint density at radius 1 is 1.38 bits per heavy atom. The normalized spacial score (nSPS) is 18.9. The lowest BCUT2D eigenvalue weighted by atomic mass is 9.96. The standard InChI is InChI=1S/C18H27N3O3/c1-2-24-16(14-7-4-3-5-8-14)18(23)21-12-6-9-15(13-21)17(22)20-11-10-19/h3-5,7-8,15-16H,2,6,9-13,19H2,1H3,(H,20,22). The average molecular weight is 333 g/mol. The third-order valence-electron chi connectivity index (χ3n) is 4.21. The Balaban J connectivity index is 2.05. The van der Waals surface area contributed by atoms with E-state index in [0.717, 1.165) is 18.4 Å². The van der Waals surface area contributed by atoms with Crippen LogP contribution >= 0.6 is 0 Å². The van der Waals surface area contributed by atoms with Crippen LogP contribution in [0.15, 0.2) is 30.3 Å². The van der Waals surface area contributed by atoms with Crippen molar-refractivity contribution < 1.29 is 14.3 Å². The summed E-state index contributed by atoms with van der Waals surface area (Å²) in [6.45, 7) is 4.32. The van der Waals surface area contributed by atoms with E-state index in [4.69, 9.17) is 10.5 Å². The molecule has 0 aliphatic carbocycles. The minimum atomic E-state index is -0.609. The number of carbonyl (C=O) groups excluding carboxylic acids is 2. The van der Waals surface area contributed by atoms with Crippen LogP contribution in [0.5, 0.6) is 0 Å². The molecule has 2 atom stereocenters. The van der Waals surface area contributed by atoms with Crippen molar-refractivity contribution in [1.29, 1.82) is 0 Å². The van der Waals surface area contributed by atoms with E-state index in [1.807, 2.05) is 37.3 Å². The summed E-state index contributed by atoms with van der Waals surface area (Å²) in [4.78, 5) is 26.8. The third-order valence-corrected chi connectivity index (χ3v) is 4.21. The number of rotatable bonds is 7. The molecule has 1 aromatic carbocycles. The summed E-state index contributed by atoms with van der Waals surface area (Å²) in [7, 11) is 0. The average Bonchev–Trinajstić information content (AvgIpc) is 2.64. The Morgan fingerprint density at radius 3 is 2.79 bits per heavy atom. The lowest BCUT2D eigenvalue weighted by Crippen LogP contribution is -2.47. The van der Waals surface area contributed by atoms with Gasteiger partial charge in [0.1, 0.15) is 0 Å². The summed E-state index contributed by atoms with van der Waals surface area (Å²) in [6.07, 6.45) is 1.01. The monoisotopic (exact) mass is 333 g/mol. The summed E-state index contributed by atoms with van der Waals surface area (Å²) >= 11 is 0. The van der Waals surface area contributed by atoms with Gasteiger partial charge in [0.15, 0.2) is 6.10 Å². The first-order valence-corrected chi connectivity index (χ1v) is 8.60. The zero-order valence-electron chi connectivity index (χ0n) is 14.2. The van der Waals surface area contributed by atoms with Crippen LogP contribution in [-0.2, 0) is 14.3 Å². The second-order valence-corrected chi connectivity index (χ2v) is 5.95. The SMILES string of the molecule is CCOC(C(=O)N1CCCC(C(=O)NCCN)C1)c1ccccc1. The topological polar surface area (TPSA) is 84.7 Å². The molecule has 1 aliphatic heterocycles. The fourth-order valence-electron chi connectivity index (χ4n) is 3.00. The van der Waals surface area contributed by atoms with E-state index in [9.17, 15) is 9.59 Å². The van der Waals surface area contributed by atoms with Gasteiger partial charge < -0.3 is 20.7 Å². The molecule has 1 aromatic rings. The highest BCUT2D eigenvalue weighted by molar-refractivity contribution is 5.84. The molecule has 1 heterocycles. The van der Waals surface area contributed by atoms with Gasteiger partial charge in [0.05, 0.1) is 5.92 Å². The lowest BCUT2D eigenvalue weighted by molar-refractivity contribution is -0.147. The molecule has 24 heavy (non-hydrogen) atoms. The summed E-state index contributed by atoms with van der Waals surface area (Å²) in [5, 5.41) is 2.81. The van der Waals surface area contributed by atoms with Gasteiger partial charge in [0, 0.05) is 32.8 Å². The number of nitrogens with zero attached hydrogens (tertiary/aromatic N) is 1. The first kappa shape index (κ1) is 18.4. The number of carbonyl (C=O) groups is 2. The van der Waals surface area contributed by atoms with Crippen LogP contribution in [0.3, 0.4) is 0 Å². The number of nitrogens with two attached hydrogens (primary N) is 1. The van der Waals surface area contributed by atoms with E-state index in [1.54, 1.807) is 4.90 Å². The number of likely N-dealkylation sites (tertiary alicyclic amines) is 1. The second-order valence-electron chi connectivity index (χ2n) is 5.95. The van der Waals surface area contributed by atoms with Crippen molar-refractivity contribution >= 4 is 11.8 Å². The predicted octanol–water partition coefficient (Wildman–Crippen LogP) is 1.08. The fourth-order valence-corrected chi connectivity index (χ4v) is 3.00. The third kappa shape index (κ3) is 4.79. The molecule has 2 amide bonds. The number of nitrogens with one attached hydrogen (secondary N) is 1. The molecule has 0 radical (unpaired) electrons. The van der Waals surface area contributed by atoms with Crippen molar-refractivity contribution in [2.75, 3.05) is 32.8 Å². The van der Waals surface area contributed by atoms with Crippen molar-refractivity contribution in [3.8, 4) is 0 Å². The molecule has 0 bridgehead atoms. The Kier molecular flexibility index (Phi) is 7.21. The zero-order chi connectivity index (χ0) is 17.4. The largest absolute Gasteiger partial charge is 0.364 e. The predicted molar refractivity (Wildman–Crippen MR) is 92.2 cm³/mol. The molecule has 1 fully saturated rings. The highest BCUT2D eigenvalue weighted by Crippen LogP contribution is 2.24. The van der Waals surface area contributed by atoms with E-state index >= 15 is 0 Å². The maximum Gasteiger partial charge on any atom is 0.256 e. The Labute approximate surface area is 143 Å². The number of hydrogen-bond donors (Lipinski definition) is 2. The first-order valence-electron chi connectivity index (χ1n) is 8.60. The summed E-state index contributed by atoms with van der Waals surface area (Å²) in [6, 6.07) is 9.50. The number of amides is 2. The van der Waals surface area contributed by atoms with Crippen molar-refractivity contribution in [3.63, 3.8) is 0 Å². The van der Waals surface area contributed by atoms with Crippen LogP contribution in [-0.4, -0.2) is 49.5 Å².